The number of carbonyl (C=O) groups excluding carboxylic acids is 1. The largest absolute Gasteiger partial charge is 0.372 e. The van der Waals surface area contributed by atoms with Crippen molar-refractivity contribution in [3.63, 3.8) is 0 Å². The second kappa shape index (κ2) is 6.55. The molecule has 4 rings (SSSR count). The minimum atomic E-state index is -0.124. The molecule has 4 heteroatoms. The number of fused-ring (bicyclic) bond motifs is 1. The summed E-state index contributed by atoms with van der Waals surface area (Å²) in [6.45, 7) is 4.27. The Morgan fingerprint density at radius 2 is 1.88 bits per heavy atom. The summed E-state index contributed by atoms with van der Waals surface area (Å²) in [7, 11) is 0. The van der Waals surface area contributed by atoms with Gasteiger partial charge in [-0.2, -0.15) is 0 Å². The summed E-state index contributed by atoms with van der Waals surface area (Å²) in [4.78, 5) is 19.5. The summed E-state index contributed by atoms with van der Waals surface area (Å²) in [5.74, 6) is -0.124. The summed E-state index contributed by atoms with van der Waals surface area (Å²) in [6.07, 6.45) is 4.23. The van der Waals surface area contributed by atoms with Gasteiger partial charge in [-0.05, 0) is 55.7 Å². The Morgan fingerprint density at radius 3 is 2.68 bits per heavy atom. The van der Waals surface area contributed by atoms with Gasteiger partial charge in [0.1, 0.15) is 0 Å². The van der Waals surface area contributed by atoms with Gasteiger partial charge in [-0.3, -0.25) is 9.78 Å². The third-order valence-electron chi connectivity index (χ3n) is 4.81. The average Bonchev–Trinajstić information content (AvgIpc) is 3.17. The number of para-hydroxylation sites is 1. The molecule has 1 aliphatic rings. The summed E-state index contributed by atoms with van der Waals surface area (Å²) >= 11 is 0. The fraction of sp³-hybridized carbons (Fsp3) is 0.238. The summed E-state index contributed by atoms with van der Waals surface area (Å²) in [5, 5.41) is 4.01. The zero-order chi connectivity index (χ0) is 17.2. The number of amides is 1. The first-order chi connectivity index (χ1) is 12.2. The van der Waals surface area contributed by atoms with E-state index in [-0.39, 0.29) is 5.91 Å². The van der Waals surface area contributed by atoms with Crippen molar-refractivity contribution in [3.05, 3.63) is 65.9 Å². The molecular weight excluding hydrogens is 310 g/mol. The fourth-order valence-corrected chi connectivity index (χ4v) is 3.44. The highest BCUT2D eigenvalue weighted by Crippen LogP contribution is 2.26. The SMILES string of the molecule is Cc1cc(N2CCCC2)ccc1NC(=O)c1cccc2cccnc12. The number of hydrogen-bond donors (Lipinski definition) is 1. The molecule has 2 aromatic carbocycles. The van der Waals surface area contributed by atoms with Crippen LogP contribution in [0.25, 0.3) is 10.9 Å². The molecule has 0 bridgehead atoms. The lowest BCUT2D eigenvalue weighted by atomic mass is 10.1. The molecule has 0 aliphatic carbocycles. The highest BCUT2D eigenvalue weighted by atomic mass is 16.1. The quantitative estimate of drug-likeness (QED) is 0.774. The molecule has 0 spiro atoms. The average molecular weight is 331 g/mol. The molecule has 25 heavy (non-hydrogen) atoms. The zero-order valence-electron chi connectivity index (χ0n) is 14.3. The summed E-state index contributed by atoms with van der Waals surface area (Å²) in [5.41, 5.74) is 4.49. The van der Waals surface area contributed by atoms with E-state index in [2.05, 4.69) is 27.3 Å². The summed E-state index contributed by atoms with van der Waals surface area (Å²) in [6, 6.07) is 15.8. The first-order valence-electron chi connectivity index (χ1n) is 8.73. The highest BCUT2D eigenvalue weighted by Gasteiger charge is 2.15. The number of anilines is 2. The van der Waals surface area contributed by atoms with Gasteiger partial charge in [-0.15, -0.1) is 0 Å². The maximum absolute atomic E-state index is 12.8. The van der Waals surface area contributed by atoms with Gasteiger partial charge in [0.25, 0.3) is 5.91 Å². The predicted octanol–water partition coefficient (Wildman–Crippen LogP) is 4.40. The van der Waals surface area contributed by atoms with E-state index in [0.717, 1.165) is 35.2 Å². The minimum absolute atomic E-state index is 0.124. The number of pyridine rings is 1. The molecule has 126 valence electrons. The number of aromatic nitrogens is 1. The molecule has 0 saturated carbocycles. The van der Waals surface area contributed by atoms with Crippen LogP contribution in [-0.4, -0.2) is 24.0 Å². The number of hydrogen-bond acceptors (Lipinski definition) is 3. The van der Waals surface area contributed by atoms with Crippen LogP contribution in [0.15, 0.2) is 54.7 Å². The van der Waals surface area contributed by atoms with E-state index < -0.39 is 0 Å². The van der Waals surface area contributed by atoms with Gasteiger partial charge in [0.2, 0.25) is 0 Å². The first-order valence-corrected chi connectivity index (χ1v) is 8.73. The fourth-order valence-electron chi connectivity index (χ4n) is 3.44. The van der Waals surface area contributed by atoms with Crippen molar-refractivity contribution in [2.75, 3.05) is 23.3 Å². The normalized spacial score (nSPS) is 14.0. The molecular formula is C21H21N3O. The van der Waals surface area contributed by atoms with E-state index in [0.29, 0.717) is 5.56 Å². The van der Waals surface area contributed by atoms with Gasteiger partial charge >= 0.3 is 0 Å². The van der Waals surface area contributed by atoms with Crippen LogP contribution in [0.3, 0.4) is 0 Å². The van der Waals surface area contributed by atoms with Crippen molar-refractivity contribution >= 4 is 28.2 Å². The second-order valence-electron chi connectivity index (χ2n) is 6.53. The summed E-state index contributed by atoms with van der Waals surface area (Å²) < 4.78 is 0. The minimum Gasteiger partial charge on any atom is -0.372 e. The van der Waals surface area contributed by atoms with Gasteiger partial charge in [0.05, 0.1) is 11.1 Å². The molecule has 1 aliphatic heterocycles. The Labute approximate surface area is 147 Å². The standard InChI is InChI=1S/C21H21N3O/c1-15-14-17(24-12-2-3-13-24)9-10-19(15)23-21(25)18-8-4-6-16-7-5-11-22-20(16)18/h4-11,14H,2-3,12-13H2,1H3,(H,23,25). The molecule has 0 unspecified atom stereocenters. The number of carbonyl (C=O) groups is 1. The molecule has 1 aromatic heterocycles. The molecule has 2 heterocycles. The van der Waals surface area contributed by atoms with Crippen molar-refractivity contribution in [1.82, 2.24) is 4.98 Å². The molecule has 1 saturated heterocycles. The molecule has 0 atom stereocenters. The van der Waals surface area contributed by atoms with E-state index in [1.54, 1.807) is 6.20 Å². The Balaban J connectivity index is 1.60. The number of aryl methyl sites for hydroxylation is 1. The van der Waals surface area contributed by atoms with Gasteiger partial charge in [0.15, 0.2) is 0 Å². The number of nitrogens with zero attached hydrogens (tertiary/aromatic N) is 2. The van der Waals surface area contributed by atoms with Crippen LogP contribution in [-0.2, 0) is 0 Å². The lowest BCUT2D eigenvalue weighted by Gasteiger charge is -2.19. The molecule has 4 nitrogen and oxygen atoms in total. The van der Waals surface area contributed by atoms with Gasteiger partial charge in [-0.25, -0.2) is 0 Å². The van der Waals surface area contributed by atoms with E-state index in [4.69, 9.17) is 0 Å². The Kier molecular flexibility index (Phi) is 4.10. The van der Waals surface area contributed by atoms with Crippen molar-refractivity contribution in [2.24, 2.45) is 0 Å². The molecule has 1 fully saturated rings. The third kappa shape index (κ3) is 3.07. The van der Waals surface area contributed by atoms with Crippen molar-refractivity contribution in [1.29, 1.82) is 0 Å². The number of rotatable bonds is 3. The Bertz CT molecular complexity index is 924. The van der Waals surface area contributed by atoms with Crippen LogP contribution >= 0.6 is 0 Å². The zero-order valence-corrected chi connectivity index (χ0v) is 14.3. The van der Waals surface area contributed by atoms with Crippen LogP contribution in [0.4, 0.5) is 11.4 Å². The van der Waals surface area contributed by atoms with E-state index in [1.165, 1.54) is 18.5 Å². The second-order valence-corrected chi connectivity index (χ2v) is 6.53. The van der Waals surface area contributed by atoms with Gasteiger partial charge in [-0.1, -0.05) is 18.2 Å². The predicted molar refractivity (Wildman–Crippen MR) is 102 cm³/mol. The van der Waals surface area contributed by atoms with Crippen LogP contribution in [0.5, 0.6) is 0 Å². The van der Waals surface area contributed by atoms with Crippen LogP contribution < -0.4 is 10.2 Å². The monoisotopic (exact) mass is 331 g/mol. The smallest absolute Gasteiger partial charge is 0.257 e. The molecule has 3 aromatic rings. The van der Waals surface area contributed by atoms with Crippen molar-refractivity contribution < 1.29 is 4.79 Å². The molecule has 0 radical (unpaired) electrons. The first kappa shape index (κ1) is 15.6. The maximum atomic E-state index is 12.8. The van der Waals surface area contributed by atoms with Crippen molar-refractivity contribution in [2.45, 2.75) is 19.8 Å². The van der Waals surface area contributed by atoms with Crippen LogP contribution in [0.2, 0.25) is 0 Å². The van der Waals surface area contributed by atoms with E-state index in [1.807, 2.05) is 43.3 Å². The third-order valence-corrected chi connectivity index (χ3v) is 4.81. The van der Waals surface area contributed by atoms with Gasteiger partial charge in [0, 0.05) is 36.0 Å². The lowest BCUT2D eigenvalue weighted by molar-refractivity contribution is 0.102. The lowest BCUT2D eigenvalue weighted by Crippen LogP contribution is -2.18. The number of nitrogens with one attached hydrogen (secondary N) is 1. The van der Waals surface area contributed by atoms with Gasteiger partial charge < -0.3 is 10.2 Å². The van der Waals surface area contributed by atoms with Crippen LogP contribution in [0.1, 0.15) is 28.8 Å². The highest BCUT2D eigenvalue weighted by molar-refractivity contribution is 6.12. The molecule has 1 amide bonds. The van der Waals surface area contributed by atoms with E-state index in [9.17, 15) is 4.79 Å². The Morgan fingerprint density at radius 1 is 1.08 bits per heavy atom. The van der Waals surface area contributed by atoms with E-state index >= 15 is 0 Å². The van der Waals surface area contributed by atoms with Crippen LogP contribution in [0, 0.1) is 6.92 Å². The molecule has 1 N–H and O–H groups in total. The Hall–Kier alpha value is -2.88. The number of benzene rings is 2. The topological polar surface area (TPSA) is 45.2 Å². The van der Waals surface area contributed by atoms with Crippen molar-refractivity contribution in [3.8, 4) is 0 Å². The maximum Gasteiger partial charge on any atom is 0.257 e.